The van der Waals surface area contributed by atoms with Crippen LogP contribution in [0.3, 0.4) is 0 Å². The molecule has 7 nitrogen and oxygen atoms in total. The number of carbonyl (C=O) groups is 3. The molecular formula is C21H16N4O3. The molecule has 2 aliphatic rings. The average Bonchev–Trinajstić information content (AvgIpc) is 3.03. The highest BCUT2D eigenvalue weighted by molar-refractivity contribution is 6.05. The number of amides is 3. The maximum absolute atomic E-state index is 12.8. The Kier molecular flexibility index (Phi) is 3.68. The number of aromatic nitrogens is 2. The Morgan fingerprint density at radius 1 is 1.04 bits per heavy atom. The molecule has 1 unspecified atom stereocenters. The molecule has 2 aromatic heterocycles. The number of fused-ring (bicyclic) bond motifs is 2. The molecule has 4 heterocycles. The highest BCUT2D eigenvalue weighted by atomic mass is 16.2. The van der Waals surface area contributed by atoms with E-state index >= 15 is 0 Å². The Hall–Kier alpha value is -3.61. The van der Waals surface area contributed by atoms with Crippen molar-refractivity contribution in [3.8, 4) is 11.3 Å². The van der Waals surface area contributed by atoms with E-state index in [4.69, 9.17) is 0 Å². The summed E-state index contributed by atoms with van der Waals surface area (Å²) >= 11 is 0. The second-order valence-electron chi connectivity index (χ2n) is 7.00. The van der Waals surface area contributed by atoms with Crippen LogP contribution in [0.1, 0.15) is 28.8 Å². The van der Waals surface area contributed by atoms with Crippen LogP contribution in [0.4, 0.5) is 0 Å². The van der Waals surface area contributed by atoms with E-state index in [1.807, 2.05) is 30.3 Å². The van der Waals surface area contributed by atoms with Crippen LogP contribution in [0.2, 0.25) is 0 Å². The summed E-state index contributed by atoms with van der Waals surface area (Å²) in [4.78, 5) is 46.8. The summed E-state index contributed by atoms with van der Waals surface area (Å²) in [6, 6.07) is 10.7. The summed E-state index contributed by atoms with van der Waals surface area (Å²) in [6.45, 7) is 0.345. The zero-order valence-corrected chi connectivity index (χ0v) is 14.9. The van der Waals surface area contributed by atoms with Crippen molar-refractivity contribution in [2.75, 3.05) is 0 Å². The van der Waals surface area contributed by atoms with Crippen LogP contribution in [0, 0.1) is 0 Å². The zero-order chi connectivity index (χ0) is 19.3. The lowest BCUT2D eigenvalue weighted by Crippen LogP contribution is -2.52. The molecule has 5 rings (SSSR count). The Labute approximate surface area is 160 Å². The predicted octanol–water partition coefficient (Wildman–Crippen LogP) is 2.06. The number of nitrogens with one attached hydrogen (secondary N) is 1. The molecule has 3 aromatic rings. The van der Waals surface area contributed by atoms with Crippen molar-refractivity contribution >= 4 is 28.6 Å². The van der Waals surface area contributed by atoms with Gasteiger partial charge in [-0.15, -0.1) is 0 Å². The van der Waals surface area contributed by atoms with Gasteiger partial charge in [-0.3, -0.25) is 29.7 Å². The van der Waals surface area contributed by atoms with Gasteiger partial charge >= 0.3 is 0 Å². The number of nitrogens with zero attached hydrogens (tertiary/aromatic N) is 3. The summed E-state index contributed by atoms with van der Waals surface area (Å²) in [6.07, 6.45) is 4.06. The van der Waals surface area contributed by atoms with Crippen LogP contribution in [-0.4, -0.2) is 38.6 Å². The SMILES string of the molecule is O=C1CCC(N2Cc3cc(-c4nccc5ncccc45)ccc3C2=O)C(=O)N1. The van der Waals surface area contributed by atoms with Crippen molar-refractivity contribution < 1.29 is 14.4 Å². The molecule has 1 atom stereocenters. The first-order valence-electron chi connectivity index (χ1n) is 9.09. The van der Waals surface area contributed by atoms with Gasteiger partial charge in [0.2, 0.25) is 11.8 Å². The van der Waals surface area contributed by atoms with Gasteiger partial charge < -0.3 is 4.90 Å². The van der Waals surface area contributed by atoms with Gasteiger partial charge in [-0.2, -0.15) is 0 Å². The fourth-order valence-electron chi connectivity index (χ4n) is 3.95. The topological polar surface area (TPSA) is 92.3 Å². The van der Waals surface area contributed by atoms with Crippen molar-refractivity contribution in [1.82, 2.24) is 20.2 Å². The minimum Gasteiger partial charge on any atom is -0.322 e. The molecule has 0 aliphatic carbocycles. The van der Waals surface area contributed by atoms with Crippen LogP contribution in [0.5, 0.6) is 0 Å². The first-order chi connectivity index (χ1) is 13.6. The fraction of sp³-hybridized carbons (Fsp3) is 0.190. The molecule has 1 fully saturated rings. The van der Waals surface area contributed by atoms with Crippen LogP contribution < -0.4 is 5.32 Å². The highest BCUT2D eigenvalue weighted by Crippen LogP contribution is 2.32. The number of pyridine rings is 2. The molecule has 1 saturated heterocycles. The third-order valence-corrected chi connectivity index (χ3v) is 5.33. The second-order valence-corrected chi connectivity index (χ2v) is 7.00. The van der Waals surface area contributed by atoms with E-state index in [1.165, 1.54) is 0 Å². The van der Waals surface area contributed by atoms with E-state index in [0.717, 1.165) is 27.7 Å². The van der Waals surface area contributed by atoms with Crippen molar-refractivity contribution in [3.05, 3.63) is 59.9 Å². The largest absolute Gasteiger partial charge is 0.322 e. The maximum Gasteiger partial charge on any atom is 0.255 e. The minimum atomic E-state index is -0.610. The monoisotopic (exact) mass is 372 g/mol. The summed E-state index contributed by atoms with van der Waals surface area (Å²) in [5, 5.41) is 3.26. The molecule has 0 saturated carbocycles. The number of piperidine rings is 1. The quantitative estimate of drug-likeness (QED) is 0.695. The van der Waals surface area contributed by atoms with Crippen molar-refractivity contribution in [2.24, 2.45) is 0 Å². The number of hydrogen-bond acceptors (Lipinski definition) is 5. The molecule has 138 valence electrons. The Balaban J connectivity index is 1.51. The molecule has 28 heavy (non-hydrogen) atoms. The van der Waals surface area contributed by atoms with Gasteiger partial charge in [0.1, 0.15) is 6.04 Å². The average molecular weight is 372 g/mol. The van der Waals surface area contributed by atoms with Gasteiger partial charge in [0.15, 0.2) is 0 Å². The molecule has 0 radical (unpaired) electrons. The van der Waals surface area contributed by atoms with E-state index in [0.29, 0.717) is 18.5 Å². The highest BCUT2D eigenvalue weighted by Gasteiger charge is 2.39. The van der Waals surface area contributed by atoms with Crippen LogP contribution in [0.25, 0.3) is 22.2 Å². The first-order valence-corrected chi connectivity index (χ1v) is 9.09. The van der Waals surface area contributed by atoms with Gasteiger partial charge in [0.25, 0.3) is 5.91 Å². The normalized spacial score (nSPS) is 19.1. The van der Waals surface area contributed by atoms with E-state index in [1.54, 1.807) is 23.4 Å². The van der Waals surface area contributed by atoms with E-state index < -0.39 is 11.9 Å². The standard InChI is InChI=1S/C21H16N4O3/c26-18-6-5-17(20(27)24-18)25-11-13-10-12(3-4-14(13)21(25)28)19-15-2-1-8-22-16(15)7-9-23-19/h1-4,7-10,17H,5-6,11H2,(H,24,26,27). The zero-order valence-electron chi connectivity index (χ0n) is 14.9. The van der Waals surface area contributed by atoms with Crippen LogP contribution >= 0.6 is 0 Å². The van der Waals surface area contributed by atoms with Gasteiger partial charge in [-0.05, 0) is 42.3 Å². The fourth-order valence-corrected chi connectivity index (χ4v) is 3.95. The number of hydrogen-bond donors (Lipinski definition) is 1. The van der Waals surface area contributed by atoms with Crippen molar-refractivity contribution in [2.45, 2.75) is 25.4 Å². The lowest BCUT2D eigenvalue weighted by molar-refractivity contribution is -0.136. The lowest BCUT2D eigenvalue weighted by Gasteiger charge is -2.29. The summed E-state index contributed by atoms with van der Waals surface area (Å²) in [5.74, 6) is -0.869. The number of carbonyl (C=O) groups excluding carboxylic acids is 3. The van der Waals surface area contributed by atoms with E-state index in [9.17, 15) is 14.4 Å². The Bertz CT molecular complexity index is 1150. The first kappa shape index (κ1) is 16.6. The number of benzene rings is 1. The summed E-state index contributed by atoms with van der Waals surface area (Å²) in [7, 11) is 0. The third-order valence-electron chi connectivity index (χ3n) is 5.33. The molecule has 0 bridgehead atoms. The van der Waals surface area contributed by atoms with E-state index in [2.05, 4.69) is 15.3 Å². The summed E-state index contributed by atoms with van der Waals surface area (Å²) in [5.41, 5.74) is 4.01. The second kappa shape index (κ2) is 6.23. The third kappa shape index (κ3) is 2.55. The number of imide groups is 1. The van der Waals surface area contributed by atoms with Gasteiger partial charge in [0.05, 0.1) is 11.2 Å². The Morgan fingerprint density at radius 3 is 2.79 bits per heavy atom. The van der Waals surface area contributed by atoms with Crippen molar-refractivity contribution in [1.29, 1.82) is 0 Å². The molecule has 0 spiro atoms. The van der Waals surface area contributed by atoms with Gasteiger partial charge in [-0.25, -0.2) is 0 Å². The minimum absolute atomic E-state index is 0.177. The van der Waals surface area contributed by atoms with Gasteiger partial charge in [0, 0.05) is 41.9 Å². The van der Waals surface area contributed by atoms with E-state index in [-0.39, 0.29) is 18.2 Å². The molecular weight excluding hydrogens is 356 g/mol. The number of rotatable bonds is 2. The van der Waals surface area contributed by atoms with Crippen LogP contribution in [0.15, 0.2) is 48.8 Å². The Morgan fingerprint density at radius 2 is 1.93 bits per heavy atom. The molecule has 7 heteroatoms. The smallest absolute Gasteiger partial charge is 0.255 e. The van der Waals surface area contributed by atoms with Crippen molar-refractivity contribution in [3.63, 3.8) is 0 Å². The molecule has 2 aliphatic heterocycles. The summed E-state index contributed by atoms with van der Waals surface area (Å²) < 4.78 is 0. The van der Waals surface area contributed by atoms with Gasteiger partial charge in [-0.1, -0.05) is 6.07 Å². The molecule has 3 amide bonds. The molecule has 1 N–H and O–H groups in total. The molecule has 1 aromatic carbocycles. The maximum atomic E-state index is 12.8. The van der Waals surface area contributed by atoms with Crippen LogP contribution in [-0.2, 0) is 16.1 Å². The lowest BCUT2D eigenvalue weighted by atomic mass is 10.0. The predicted molar refractivity (Wildman–Crippen MR) is 101 cm³/mol.